The van der Waals surface area contributed by atoms with Crippen LogP contribution in [0, 0.1) is 5.92 Å². The van der Waals surface area contributed by atoms with Crippen molar-refractivity contribution < 1.29 is 0 Å². The number of nitrogens with zero attached hydrogens (tertiary/aromatic N) is 2. The lowest BCUT2D eigenvalue weighted by atomic mass is 9.94. The smallest absolute Gasteiger partial charge is 0.177 e. The molecule has 5 heteroatoms. The van der Waals surface area contributed by atoms with Crippen molar-refractivity contribution in [3.8, 4) is 0 Å². The second kappa shape index (κ2) is 4.74. The Morgan fingerprint density at radius 1 is 1.35 bits per heavy atom. The van der Waals surface area contributed by atoms with Gasteiger partial charge in [-0.2, -0.15) is 0 Å². The van der Waals surface area contributed by atoms with Crippen LogP contribution >= 0.6 is 15.9 Å². The maximum absolute atomic E-state index is 4.54. The third-order valence-electron chi connectivity index (χ3n) is 3.29. The Morgan fingerprint density at radius 2 is 2.18 bits per heavy atom. The molecule has 2 aromatic heterocycles. The van der Waals surface area contributed by atoms with E-state index < -0.39 is 0 Å². The number of fused-ring (bicyclic) bond motifs is 1. The van der Waals surface area contributed by atoms with Crippen LogP contribution in [0.1, 0.15) is 18.7 Å². The standard InChI is InChI=1S/C12H15BrN4/c13-9-6-10-12(15-7-9)17-11(16-10)5-8-1-3-14-4-2-8/h6-8,14H,1-5H2,(H,15,16,17). The molecule has 4 nitrogen and oxygen atoms in total. The van der Waals surface area contributed by atoms with Gasteiger partial charge >= 0.3 is 0 Å². The first-order valence-electron chi connectivity index (χ1n) is 6.02. The molecule has 3 heterocycles. The van der Waals surface area contributed by atoms with E-state index in [1.165, 1.54) is 12.8 Å². The van der Waals surface area contributed by atoms with Crippen LogP contribution in [0.2, 0.25) is 0 Å². The fourth-order valence-electron chi connectivity index (χ4n) is 2.38. The van der Waals surface area contributed by atoms with Crippen LogP contribution in [0.4, 0.5) is 0 Å². The monoisotopic (exact) mass is 294 g/mol. The van der Waals surface area contributed by atoms with E-state index in [2.05, 4.69) is 36.2 Å². The van der Waals surface area contributed by atoms with Crippen molar-refractivity contribution in [2.75, 3.05) is 13.1 Å². The quantitative estimate of drug-likeness (QED) is 0.893. The highest BCUT2D eigenvalue weighted by Gasteiger charge is 2.15. The number of piperidine rings is 1. The molecule has 0 bridgehead atoms. The number of halogens is 1. The Labute approximate surface area is 108 Å². The zero-order chi connectivity index (χ0) is 11.7. The second-order valence-corrected chi connectivity index (χ2v) is 5.52. The number of aromatic nitrogens is 3. The van der Waals surface area contributed by atoms with Crippen LogP contribution in [0.25, 0.3) is 11.2 Å². The molecule has 3 rings (SSSR count). The summed E-state index contributed by atoms with van der Waals surface area (Å²) in [6.07, 6.45) is 5.31. The zero-order valence-electron chi connectivity index (χ0n) is 9.54. The Kier molecular flexibility index (Phi) is 3.11. The molecule has 0 spiro atoms. The first kappa shape index (κ1) is 11.2. The maximum atomic E-state index is 4.54. The molecule has 0 aromatic carbocycles. The highest BCUT2D eigenvalue weighted by molar-refractivity contribution is 9.10. The number of hydrogen-bond donors (Lipinski definition) is 2. The molecule has 0 atom stereocenters. The molecule has 1 aliphatic heterocycles. The summed E-state index contributed by atoms with van der Waals surface area (Å²) in [5.41, 5.74) is 1.83. The molecule has 17 heavy (non-hydrogen) atoms. The van der Waals surface area contributed by atoms with Gasteiger partial charge in [-0.15, -0.1) is 0 Å². The molecule has 0 unspecified atom stereocenters. The van der Waals surface area contributed by atoms with E-state index in [0.717, 1.165) is 46.9 Å². The van der Waals surface area contributed by atoms with Gasteiger partial charge in [-0.3, -0.25) is 0 Å². The Hall–Kier alpha value is -0.940. The molecular formula is C12H15BrN4. The van der Waals surface area contributed by atoms with Gasteiger partial charge in [0, 0.05) is 17.1 Å². The zero-order valence-corrected chi connectivity index (χ0v) is 11.1. The topological polar surface area (TPSA) is 53.6 Å². The summed E-state index contributed by atoms with van der Waals surface area (Å²) < 4.78 is 0.988. The average Bonchev–Trinajstić information content (AvgIpc) is 2.71. The van der Waals surface area contributed by atoms with Gasteiger partial charge in [0.25, 0.3) is 0 Å². The highest BCUT2D eigenvalue weighted by atomic mass is 79.9. The molecule has 1 saturated heterocycles. The van der Waals surface area contributed by atoms with E-state index >= 15 is 0 Å². The van der Waals surface area contributed by atoms with Gasteiger partial charge in [0.2, 0.25) is 0 Å². The van der Waals surface area contributed by atoms with Crippen LogP contribution in [-0.4, -0.2) is 28.0 Å². The number of rotatable bonds is 2. The molecule has 0 saturated carbocycles. The van der Waals surface area contributed by atoms with E-state index in [1.807, 2.05) is 6.07 Å². The number of nitrogens with one attached hydrogen (secondary N) is 2. The molecular weight excluding hydrogens is 280 g/mol. The van der Waals surface area contributed by atoms with Crippen molar-refractivity contribution >= 4 is 27.1 Å². The summed E-state index contributed by atoms with van der Waals surface area (Å²) in [6, 6.07) is 2.03. The molecule has 0 aliphatic carbocycles. The Balaban J connectivity index is 1.80. The second-order valence-electron chi connectivity index (χ2n) is 4.61. The number of aromatic amines is 1. The van der Waals surface area contributed by atoms with Gasteiger partial charge in [-0.1, -0.05) is 0 Å². The van der Waals surface area contributed by atoms with Crippen molar-refractivity contribution in [3.05, 3.63) is 22.6 Å². The van der Waals surface area contributed by atoms with Crippen molar-refractivity contribution in [2.45, 2.75) is 19.3 Å². The van der Waals surface area contributed by atoms with Crippen LogP contribution in [-0.2, 0) is 6.42 Å². The Bertz CT molecular complexity index is 516. The number of imidazole rings is 1. The third-order valence-corrected chi connectivity index (χ3v) is 3.73. The lowest BCUT2D eigenvalue weighted by Crippen LogP contribution is -2.28. The van der Waals surface area contributed by atoms with E-state index in [-0.39, 0.29) is 0 Å². The predicted octanol–water partition coefficient (Wildman–Crippen LogP) is 2.26. The molecule has 1 fully saturated rings. The minimum absolute atomic E-state index is 0.750. The van der Waals surface area contributed by atoms with Crippen LogP contribution in [0.5, 0.6) is 0 Å². The fourth-order valence-corrected chi connectivity index (χ4v) is 2.71. The van der Waals surface area contributed by atoms with E-state index in [0.29, 0.717) is 0 Å². The predicted molar refractivity (Wildman–Crippen MR) is 70.9 cm³/mol. The molecule has 0 radical (unpaired) electrons. The molecule has 90 valence electrons. The number of hydrogen-bond acceptors (Lipinski definition) is 3. The summed E-state index contributed by atoms with van der Waals surface area (Å²) in [5, 5.41) is 3.39. The lowest BCUT2D eigenvalue weighted by molar-refractivity contribution is 0.368. The van der Waals surface area contributed by atoms with E-state index in [4.69, 9.17) is 0 Å². The minimum atomic E-state index is 0.750. The summed E-state index contributed by atoms with van der Waals surface area (Å²) >= 11 is 3.42. The van der Waals surface area contributed by atoms with Gasteiger partial charge in [0.1, 0.15) is 5.82 Å². The highest BCUT2D eigenvalue weighted by Crippen LogP contribution is 2.19. The van der Waals surface area contributed by atoms with Crippen LogP contribution in [0.3, 0.4) is 0 Å². The van der Waals surface area contributed by atoms with Crippen molar-refractivity contribution in [2.24, 2.45) is 5.92 Å². The van der Waals surface area contributed by atoms with Crippen molar-refractivity contribution in [1.29, 1.82) is 0 Å². The van der Waals surface area contributed by atoms with Crippen molar-refractivity contribution in [1.82, 2.24) is 20.3 Å². The number of pyridine rings is 1. The van der Waals surface area contributed by atoms with Crippen LogP contribution in [0.15, 0.2) is 16.7 Å². The minimum Gasteiger partial charge on any atom is -0.341 e. The average molecular weight is 295 g/mol. The Morgan fingerprint density at radius 3 is 3.00 bits per heavy atom. The van der Waals surface area contributed by atoms with Gasteiger partial charge in [0.15, 0.2) is 5.65 Å². The molecule has 2 N–H and O–H groups in total. The first-order valence-corrected chi connectivity index (χ1v) is 6.81. The maximum Gasteiger partial charge on any atom is 0.177 e. The summed E-state index contributed by atoms with van der Waals surface area (Å²) in [6.45, 7) is 2.27. The fraction of sp³-hybridized carbons (Fsp3) is 0.500. The van der Waals surface area contributed by atoms with Gasteiger partial charge in [-0.25, -0.2) is 9.97 Å². The van der Waals surface area contributed by atoms with E-state index in [1.54, 1.807) is 6.20 Å². The van der Waals surface area contributed by atoms with E-state index in [9.17, 15) is 0 Å². The summed E-state index contributed by atoms with van der Waals surface area (Å²) in [5.74, 6) is 1.82. The van der Waals surface area contributed by atoms with Gasteiger partial charge in [-0.05, 0) is 53.8 Å². The molecule has 1 aliphatic rings. The first-order chi connectivity index (χ1) is 8.31. The normalized spacial score (nSPS) is 17.7. The molecule has 0 amide bonds. The molecule has 2 aromatic rings. The van der Waals surface area contributed by atoms with Gasteiger partial charge < -0.3 is 10.3 Å². The van der Waals surface area contributed by atoms with Gasteiger partial charge in [0.05, 0.1) is 5.52 Å². The van der Waals surface area contributed by atoms with Crippen LogP contribution < -0.4 is 5.32 Å². The lowest BCUT2D eigenvalue weighted by Gasteiger charge is -2.21. The largest absolute Gasteiger partial charge is 0.341 e. The summed E-state index contributed by atoms with van der Waals surface area (Å²) in [4.78, 5) is 12.2. The SMILES string of the molecule is Brc1cnc2nc(CC3CCNCC3)[nH]c2c1. The number of H-pyrrole nitrogens is 1. The summed E-state index contributed by atoms with van der Waals surface area (Å²) in [7, 11) is 0. The third kappa shape index (κ3) is 2.50. The van der Waals surface area contributed by atoms with Crippen molar-refractivity contribution in [3.63, 3.8) is 0 Å².